The first-order chi connectivity index (χ1) is 10.6. The standard InChI is InChI=1S/C14H7ClN4O2S/c15-13-12(18-5-6-22-14(18)17-13)7-10(8-16)9-1-3-11(4-2-9)19(20)21/h1-7H/b10-7+. The van der Waals surface area contributed by atoms with Gasteiger partial charge in [-0.05, 0) is 23.8 Å². The van der Waals surface area contributed by atoms with E-state index in [9.17, 15) is 15.4 Å². The van der Waals surface area contributed by atoms with E-state index in [4.69, 9.17) is 11.6 Å². The highest BCUT2D eigenvalue weighted by Crippen LogP contribution is 2.26. The number of nitro benzene ring substituents is 1. The second-order valence-corrected chi connectivity index (χ2v) is 5.55. The first-order valence-electron chi connectivity index (χ1n) is 6.08. The van der Waals surface area contributed by atoms with Crippen LogP contribution in [0.1, 0.15) is 11.3 Å². The Labute approximate surface area is 133 Å². The van der Waals surface area contributed by atoms with E-state index in [1.165, 1.54) is 35.6 Å². The first kappa shape index (κ1) is 14.3. The lowest BCUT2D eigenvalue weighted by Crippen LogP contribution is -1.89. The van der Waals surface area contributed by atoms with Gasteiger partial charge in [-0.25, -0.2) is 4.98 Å². The van der Waals surface area contributed by atoms with Gasteiger partial charge in [0.2, 0.25) is 0 Å². The molecule has 0 aliphatic heterocycles. The zero-order valence-corrected chi connectivity index (χ0v) is 12.5. The predicted molar refractivity (Wildman–Crippen MR) is 84.7 cm³/mol. The second-order valence-electron chi connectivity index (χ2n) is 4.32. The summed E-state index contributed by atoms with van der Waals surface area (Å²) in [5, 5.41) is 22.2. The highest BCUT2D eigenvalue weighted by Gasteiger charge is 2.12. The zero-order chi connectivity index (χ0) is 15.7. The number of fused-ring (bicyclic) bond motifs is 1. The Morgan fingerprint density at radius 2 is 2.18 bits per heavy atom. The average molecular weight is 331 g/mol. The van der Waals surface area contributed by atoms with Crippen LogP contribution in [0.5, 0.6) is 0 Å². The van der Waals surface area contributed by atoms with E-state index in [-0.39, 0.29) is 5.69 Å². The highest BCUT2D eigenvalue weighted by atomic mass is 35.5. The molecule has 1 aromatic carbocycles. The molecule has 0 spiro atoms. The number of halogens is 1. The molecule has 0 unspecified atom stereocenters. The summed E-state index contributed by atoms with van der Waals surface area (Å²) in [4.78, 5) is 15.1. The normalized spacial score (nSPS) is 11.5. The lowest BCUT2D eigenvalue weighted by Gasteiger charge is -1.99. The van der Waals surface area contributed by atoms with Gasteiger partial charge in [0.15, 0.2) is 10.1 Å². The molecular weight excluding hydrogens is 324 g/mol. The number of hydrogen-bond acceptors (Lipinski definition) is 5. The molecule has 0 radical (unpaired) electrons. The van der Waals surface area contributed by atoms with Crippen molar-refractivity contribution < 1.29 is 4.92 Å². The third kappa shape index (κ3) is 2.45. The number of aromatic nitrogens is 2. The van der Waals surface area contributed by atoms with Crippen molar-refractivity contribution in [1.29, 1.82) is 5.26 Å². The SMILES string of the molecule is N#C/C(=C\c1c(Cl)nc2sccn12)c1ccc([N+](=O)[O-])cc1. The summed E-state index contributed by atoms with van der Waals surface area (Å²) in [5.41, 5.74) is 1.51. The molecule has 0 saturated carbocycles. The first-order valence-corrected chi connectivity index (χ1v) is 7.33. The van der Waals surface area contributed by atoms with Crippen molar-refractivity contribution >= 4 is 45.2 Å². The van der Waals surface area contributed by atoms with E-state index in [1.807, 2.05) is 11.6 Å². The molecule has 8 heteroatoms. The fraction of sp³-hybridized carbons (Fsp3) is 0. The van der Waals surface area contributed by atoms with Crippen LogP contribution in [-0.4, -0.2) is 14.3 Å². The Balaban J connectivity index is 2.07. The number of nitro groups is 1. The number of benzene rings is 1. The summed E-state index contributed by atoms with van der Waals surface area (Å²) in [5.74, 6) is 0. The smallest absolute Gasteiger partial charge is 0.269 e. The summed E-state index contributed by atoms with van der Waals surface area (Å²) in [7, 11) is 0. The van der Waals surface area contributed by atoms with Crippen LogP contribution in [0.4, 0.5) is 5.69 Å². The Morgan fingerprint density at radius 1 is 1.45 bits per heavy atom. The maximum Gasteiger partial charge on any atom is 0.269 e. The van der Waals surface area contributed by atoms with Gasteiger partial charge in [0.05, 0.1) is 22.3 Å². The molecule has 0 saturated heterocycles. The maximum absolute atomic E-state index is 10.7. The molecule has 0 atom stereocenters. The Hall–Kier alpha value is -2.69. The summed E-state index contributed by atoms with van der Waals surface area (Å²) < 4.78 is 1.79. The fourth-order valence-electron chi connectivity index (χ4n) is 1.99. The fourth-order valence-corrected chi connectivity index (χ4v) is 2.98. The summed E-state index contributed by atoms with van der Waals surface area (Å²) in [6.45, 7) is 0. The Kier molecular flexibility index (Phi) is 3.63. The van der Waals surface area contributed by atoms with Crippen LogP contribution in [0.15, 0.2) is 35.8 Å². The minimum absolute atomic E-state index is 0.0244. The van der Waals surface area contributed by atoms with Crippen molar-refractivity contribution in [3.05, 3.63) is 62.4 Å². The molecule has 0 amide bonds. The number of hydrogen-bond donors (Lipinski definition) is 0. The molecule has 6 nitrogen and oxygen atoms in total. The van der Waals surface area contributed by atoms with E-state index < -0.39 is 4.92 Å². The number of rotatable bonds is 3. The average Bonchev–Trinajstić information content (AvgIpc) is 3.06. The number of nitriles is 1. The third-order valence-electron chi connectivity index (χ3n) is 3.04. The number of nitrogens with zero attached hydrogens (tertiary/aromatic N) is 4. The van der Waals surface area contributed by atoms with E-state index in [0.717, 1.165) is 4.96 Å². The van der Waals surface area contributed by atoms with Crippen LogP contribution in [0, 0.1) is 21.4 Å². The van der Waals surface area contributed by atoms with Crippen molar-refractivity contribution in [2.75, 3.05) is 0 Å². The molecule has 0 fully saturated rings. The second kappa shape index (κ2) is 5.60. The van der Waals surface area contributed by atoms with Crippen LogP contribution in [0.25, 0.3) is 16.6 Å². The van der Waals surface area contributed by atoms with Gasteiger partial charge in [-0.15, -0.1) is 11.3 Å². The van der Waals surface area contributed by atoms with Crippen LogP contribution >= 0.6 is 22.9 Å². The van der Waals surface area contributed by atoms with Gasteiger partial charge in [0.25, 0.3) is 5.69 Å². The van der Waals surface area contributed by atoms with Crippen LogP contribution < -0.4 is 0 Å². The van der Waals surface area contributed by atoms with Crippen molar-refractivity contribution in [2.24, 2.45) is 0 Å². The van der Waals surface area contributed by atoms with Crippen LogP contribution in [-0.2, 0) is 0 Å². The molecule has 0 bridgehead atoms. The Morgan fingerprint density at radius 3 is 2.82 bits per heavy atom. The lowest BCUT2D eigenvalue weighted by molar-refractivity contribution is -0.384. The Bertz CT molecular complexity index is 934. The van der Waals surface area contributed by atoms with Gasteiger partial charge in [0.1, 0.15) is 0 Å². The van der Waals surface area contributed by atoms with Crippen molar-refractivity contribution in [3.8, 4) is 6.07 Å². The van der Waals surface area contributed by atoms with E-state index >= 15 is 0 Å². The van der Waals surface area contributed by atoms with Gasteiger partial charge >= 0.3 is 0 Å². The summed E-state index contributed by atoms with van der Waals surface area (Å²) >= 11 is 7.53. The van der Waals surface area contributed by atoms with E-state index in [1.54, 1.807) is 10.5 Å². The zero-order valence-electron chi connectivity index (χ0n) is 10.9. The topological polar surface area (TPSA) is 84.2 Å². The molecule has 2 aromatic heterocycles. The molecule has 3 rings (SSSR count). The molecule has 2 heterocycles. The number of imidazole rings is 1. The summed E-state index contributed by atoms with van der Waals surface area (Å²) in [6.07, 6.45) is 3.44. The van der Waals surface area contributed by atoms with Crippen molar-refractivity contribution in [2.45, 2.75) is 0 Å². The lowest BCUT2D eigenvalue weighted by atomic mass is 10.1. The van der Waals surface area contributed by atoms with Crippen LogP contribution in [0.3, 0.4) is 0 Å². The number of non-ortho nitro benzene ring substituents is 1. The predicted octanol–water partition coefficient (Wildman–Crippen LogP) is 4.02. The third-order valence-corrected chi connectivity index (χ3v) is 4.08. The van der Waals surface area contributed by atoms with Gasteiger partial charge in [0, 0.05) is 23.7 Å². The molecule has 22 heavy (non-hydrogen) atoms. The van der Waals surface area contributed by atoms with E-state index in [0.29, 0.717) is 22.0 Å². The molecule has 0 N–H and O–H groups in total. The minimum atomic E-state index is -0.484. The van der Waals surface area contributed by atoms with Crippen molar-refractivity contribution in [3.63, 3.8) is 0 Å². The van der Waals surface area contributed by atoms with Crippen LogP contribution in [0.2, 0.25) is 5.15 Å². The molecule has 3 aromatic rings. The van der Waals surface area contributed by atoms with E-state index in [2.05, 4.69) is 11.1 Å². The molecule has 0 aliphatic rings. The number of allylic oxidation sites excluding steroid dienone is 1. The maximum atomic E-state index is 10.7. The van der Waals surface area contributed by atoms with Gasteiger partial charge in [-0.2, -0.15) is 5.26 Å². The molecule has 0 aliphatic carbocycles. The number of thiazole rings is 1. The molecule has 108 valence electrons. The molecular formula is C14H7ClN4O2S. The minimum Gasteiger partial charge on any atom is -0.289 e. The largest absolute Gasteiger partial charge is 0.289 e. The van der Waals surface area contributed by atoms with Crippen molar-refractivity contribution in [1.82, 2.24) is 9.38 Å². The van der Waals surface area contributed by atoms with Gasteiger partial charge in [-0.1, -0.05) is 11.6 Å². The van der Waals surface area contributed by atoms with Gasteiger partial charge in [-0.3, -0.25) is 14.5 Å². The highest BCUT2D eigenvalue weighted by molar-refractivity contribution is 7.15. The summed E-state index contributed by atoms with van der Waals surface area (Å²) in [6, 6.07) is 7.87. The van der Waals surface area contributed by atoms with Gasteiger partial charge < -0.3 is 0 Å². The quantitative estimate of drug-likeness (QED) is 0.412. The monoisotopic (exact) mass is 330 g/mol.